The minimum absolute atomic E-state index is 0.0236. The maximum atomic E-state index is 14.3. The molecule has 1 N–H and O–H groups in total. The molecule has 148 valence electrons. The molecule has 0 unspecified atom stereocenters. The van der Waals surface area contributed by atoms with E-state index in [4.69, 9.17) is 4.74 Å². The molecule has 0 bridgehead atoms. The fourth-order valence-corrected chi connectivity index (χ4v) is 2.89. The summed E-state index contributed by atoms with van der Waals surface area (Å²) in [5.74, 6) is -4.88. The summed E-state index contributed by atoms with van der Waals surface area (Å²) in [4.78, 5) is 0. The second-order valence-electron chi connectivity index (χ2n) is 6.15. The van der Waals surface area contributed by atoms with Crippen molar-refractivity contribution in [2.45, 2.75) is 13.3 Å². The summed E-state index contributed by atoms with van der Waals surface area (Å²) in [5, 5.41) is 6.66. The summed E-state index contributed by atoms with van der Waals surface area (Å²) in [6.07, 6.45) is -0.228. The topological polar surface area (TPSA) is 39.1 Å². The Morgan fingerprint density at radius 2 is 1.50 bits per heavy atom. The first kappa shape index (κ1) is 19.7. The lowest BCUT2D eigenvalue weighted by molar-refractivity contribution is 0.405. The molecule has 9 heteroatoms. The molecule has 0 saturated heterocycles. The maximum Gasteiger partial charge on any atom is 0.152 e. The Balaban J connectivity index is 2.04. The van der Waals surface area contributed by atoms with E-state index in [0.717, 1.165) is 12.1 Å². The van der Waals surface area contributed by atoms with Crippen molar-refractivity contribution in [1.82, 2.24) is 9.78 Å². The van der Waals surface area contributed by atoms with Gasteiger partial charge >= 0.3 is 0 Å². The highest BCUT2D eigenvalue weighted by atomic mass is 19.2. The van der Waals surface area contributed by atoms with Gasteiger partial charge in [-0.1, -0.05) is 0 Å². The number of aryl methyl sites for hydroxylation is 2. The van der Waals surface area contributed by atoms with Crippen LogP contribution in [0.1, 0.15) is 16.8 Å². The van der Waals surface area contributed by atoms with Crippen molar-refractivity contribution < 1.29 is 26.7 Å². The molecule has 1 aromatic heterocycles. The first-order valence-corrected chi connectivity index (χ1v) is 8.17. The van der Waals surface area contributed by atoms with Gasteiger partial charge in [-0.05, 0) is 6.92 Å². The zero-order chi connectivity index (χ0) is 20.6. The zero-order valence-electron chi connectivity index (χ0n) is 15.2. The Labute approximate surface area is 157 Å². The van der Waals surface area contributed by atoms with Gasteiger partial charge in [0.05, 0.1) is 12.8 Å². The van der Waals surface area contributed by atoms with E-state index < -0.39 is 34.8 Å². The van der Waals surface area contributed by atoms with Crippen LogP contribution in [0.4, 0.5) is 33.5 Å². The summed E-state index contributed by atoms with van der Waals surface area (Å²) >= 11 is 0. The minimum Gasteiger partial charge on any atom is -0.497 e. The number of aromatic nitrogens is 2. The molecule has 0 fully saturated rings. The number of halogens is 5. The molecule has 0 atom stereocenters. The number of ether oxygens (including phenoxy) is 1. The third-order valence-corrected chi connectivity index (χ3v) is 4.30. The van der Waals surface area contributed by atoms with Crippen molar-refractivity contribution in [2.75, 3.05) is 12.4 Å². The second kappa shape index (κ2) is 7.49. The van der Waals surface area contributed by atoms with Crippen LogP contribution in [-0.2, 0) is 13.5 Å². The average Bonchev–Trinajstić information content (AvgIpc) is 2.86. The largest absolute Gasteiger partial charge is 0.497 e. The molecular formula is C19H16F5N3O. The third kappa shape index (κ3) is 3.64. The molecule has 0 radical (unpaired) electrons. The predicted molar refractivity (Wildman–Crippen MR) is 93.3 cm³/mol. The number of hydrogen-bond acceptors (Lipinski definition) is 3. The van der Waals surface area contributed by atoms with Gasteiger partial charge in [-0.3, -0.25) is 4.68 Å². The Kier molecular flexibility index (Phi) is 5.26. The Bertz CT molecular complexity index is 1000. The molecule has 1 heterocycles. The van der Waals surface area contributed by atoms with Crippen LogP contribution in [0, 0.1) is 36.0 Å². The van der Waals surface area contributed by atoms with Gasteiger partial charge < -0.3 is 10.1 Å². The second-order valence-corrected chi connectivity index (χ2v) is 6.15. The smallest absolute Gasteiger partial charge is 0.152 e. The van der Waals surface area contributed by atoms with Crippen LogP contribution in [0.5, 0.6) is 5.75 Å². The molecule has 0 spiro atoms. The number of anilines is 2. The molecule has 0 amide bonds. The standard InChI is InChI=1S/C19H16F5N3O/c1-9-12(8-13-14(21)6-11(28-3)7-15(13)22)19(27(2)26-9)25-18-16(23)4-10(20)5-17(18)24/h4-7,25H,8H2,1-3H3. The van der Waals surface area contributed by atoms with Gasteiger partial charge in [-0.2, -0.15) is 5.10 Å². The van der Waals surface area contributed by atoms with Gasteiger partial charge in [0.25, 0.3) is 0 Å². The van der Waals surface area contributed by atoms with E-state index in [9.17, 15) is 22.0 Å². The summed E-state index contributed by atoms with van der Waals surface area (Å²) in [6.45, 7) is 1.59. The third-order valence-electron chi connectivity index (χ3n) is 4.30. The van der Waals surface area contributed by atoms with E-state index in [2.05, 4.69) is 10.4 Å². The minimum atomic E-state index is -1.15. The molecule has 0 aliphatic heterocycles. The number of benzene rings is 2. The van der Waals surface area contributed by atoms with Crippen LogP contribution in [0.25, 0.3) is 0 Å². The lowest BCUT2D eigenvalue weighted by Gasteiger charge is -2.13. The normalized spacial score (nSPS) is 11.0. The van der Waals surface area contributed by atoms with Crippen molar-refractivity contribution in [2.24, 2.45) is 7.05 Å². The van der Waals surface area contributed by atoms with Crippen LogP contribution in [0.3, 0.4) is 0 Å². The zero-order valence-corrected chi connectivity index (χ0v) is 15.2. The lowest BCUT2D eigenvalue weighted by atomic mass is 10.0. The first-order valence-electron chi connectivity index (χ1n) is 8.17. The number of methoxy groups -OCH3 is 1. The molecule has 2 aromatic carbocycles. The van der Waals surface area contributed by atoms with Crippen LogP contribution in [0.15, 0.2) is 24.3 Å². The number of hydrogen-bond donors (Lipinski definition) is 1. The van der Waals surface area contributed by atoms with Gasteiger partial charge in [-0.15, -0.1) is 0 Å². The summed E-state index contributed by atoms with van der Waals surface area (Å²) in [5.41, 5.74) is -0.113. The lowest BCUT2D eigenvalue weighted by Crippen LogP contribution is -2.07. The molecule has 0 aliphatic carbocycles. The van der Waals surface area contributed by atoms with E-state index in [1.165, 1.54) is 18.8 Å². The summed E-state index contributed by atoms with van der Waals surface area (Å²) in [7, 11) is 2.78. The molecule has 0 aliphatic rings. The fourth-order valence-electron chi connectivity index (χ4n) is 2.89. The maximum absolute atomic E-state index is 14.3. The summed E-state index contributed by atoms with van der Waals surface area (Å²) < 4.78 is 75.9. The highest BCUT2D eigenvalue weighted by Gasteiger charge is 2.21. The van der Waals surface area contributed by atoms with Gasteiger partial charge in [0.1, 0.15) is 34.7 Å². The van der Waals surface area contributed by atoms with Crippen molar-refractivity contribution in [3.63, 3.8) is 0 Å². The quantitative estimate of drug-likeness (QED) is 0.631. The summed E-state index contributed by atoms with van der Waals surface area (Å²) in [6, 6.07) is 3.13. The molecule has 0 saturated carbocycles. The predicted octanol–water partition coefficient (Wildman–Crippen LogP) is 4.77. The van der Waals surface area contributed by atoms with Crippen molar-refractivity contribution >= 4 is 11.5 Å². The van der Waals surface area contributed by atoms with Crippen LogP contribution in [-0.4, -0.2) is 16.9 Å². The van der Waals surface area contributed by atoms with Gasteiger partial charge in [-0.25, -0.2) is 22.0 Å². The number of rotatable bonds is 5. The Morgan fingerprint density at radius 1 is 0.929 bits per heavy atom. The van der Waals surface area contributed by atoms with Gasteiger partial charge in [0, 0.05) is 48.9 Å². The monoisotopic (exact) mass is 397 g/mol. The van der Waals surface area contributed by atoms with E-state index in [1.54, 1.807) is 6.92 Å². The van der Waals surface area contributed by atoms with E-state index in [0.29, 0.717) is 23.4 Å². The van der Waals surface area contributed by atoms with Gasteiger partial charge in [0.15, 0.2) is 11.6 Å². The van der Waals surface area contributed by atoms with Crippen molar-refractivity contribution in [3.05, 3.63) is 70.2 Å². The Morgan fingerprint density at radius 3 is 2.04 bits per heavy atom. The Hall–Kier alpha value is -3.10. The number of nitrogens with zero attached hydrogens (tertiary/aromatic N) is 2. The molecule has 3 rings (SSSR count). The van der Waals surface area contributed by atoms with Crippen molar-refractivity contribution in [1.29, 1.82) is 0 Å². The fraction of sp³-hybridized carbons (Fsp3) is 0.211. The molecule has 4 nitrogen and oxygen atoms in total. The molecular weight excluding hydrogens is 381 g/mol. The first-order chi connectivity index (χ1) is 13.2. The number of nitrogens with one attached hydrogen (secondary N) is 1. The highest BCUT2D eigenvalue weighted by Crippen LogP contribution is 2.31. The van der Waals surface area contributed by atoms with Crippen LogP contribution < -0.4 is 10.1 Å². The average molecular weight is 397 g/mol. The van der Waals surface area contributed by atoms with Crippen molar-refractivity contribution in [3.8, 4) is 5.75 Å². The highest BCUT2D eigenvalue weighted by molar-refractivity contribution is 5.63. The van der Waals surface area contributed by atoms with Gasteiger partial charge in [0.2, 0.25) is 0 Å². The van der Waals surface area contributed by atoms with Crippen LogP contribution >= 0.6 is 0 Å². The van der Waals surface area contributed by atoms with E-state index in [1.807, 2.05) is 0 Å². The van der Waals surface area contributed by atoms with Crippen LogP contribution in [0.2, 0.25) is 0 Å². The molecule has 28 heavy (non-hydrogen) atoms. The molecule has 3 aromatic rings. The SMILES string of the molecule is COc1cc(F)c(Cc2c(C)nn(C)c2Nc2c(F)cc(F)cc2F)c(F)c1. The van der Waals surface area contributed by atoms with E-state index in [-0.39, 0.29) is 23.6 Å². The van der Waals surface area contributed by atoms with E-state index >= 15 is 0 Å².